The van der Waals surface area contributed by atoms with Gasteiger partial charge in [0.15, 0.2) is 0 Å². The van der Waals surface area contributed by atoms with E-state index in [0.29, 0.717) is 12.4 Å². The second-order valence-corrected chi connectivity index (χ2v) is 4.99. The molecule has 1 rings (SSSR count). The summed E-state index contributed by atoms with van der Waals surface area (Å²) < 4.78 is 5.25. The van der Waals surface area contributed by atoms with Crippen molar-refractivity contribution in [2.45, 2.75) is 13.8 Å². The van der Waals surface area contributed by atoms with E-state index >= 15 is 0 Å². The highest BCUT2D eigenvalue weighted by Crippen LogP contribution is 2.16. The lowest BCUT2D eigenvalue weighted by Crippen LogP contribution is -2.44. The molecule has 1 heterocycles. The quantitative estimate of drug-likeness (QED) is 0.729. The van der Waals surface area contributed by atoms with Crippen molar-refractivity contribution in [3.8, 4) is 0 Å². The number of amides is 1. The minimum absolute atomic E-state index is 0.0239. The third-order valence-corrected chi connectivity index (χ3v) is 3.43. The van der Waals surface area contributed by atoms with Crippen molar-refractivity contribution in [2.75, 3.05) is 45.3 Å². The predicted octanol–water partition coefficient (Wildman–Crippen LogP) is 0.700. The van der Waals surface area contributed by atoms with E-state index in [-0.39, 0.29) is 5.91 Å². The van der Waals surface area contributed by atoms with Crippen molar-refractivity contribution in [1.82, 2.24) is 10.2 Å². The highest BCUT2D eigenvalue weighted by atomic mass is 35.5. The Kier molecular flexibility index (Phi) is 5.52. The Bertz CT molecular complexity index is 228. The number of rotatable bonds is 5. The zero-order chi connectivity index (χ0) is 12.0. The zero-order valence-electron chi connectivity index (χ0n) is 10.1. The van der Waals surface area contributed by atoms with Crippen molar-refractivity contribution in [2.24, 2.45) is 5.41 Å². The maximum atomic E-state index is 11.7. The molecule has 1 saturated heterocycles. The van der Waals surface area contributed by atoms with Crippen molar-refractivity contribution in [3.05, 3.63) is 0 Å². The highest BCUT2D eigenvalue weighted by Gasteiger charge is 2.26. The minimum Gasteiger partial charge on any atom is -0.379 e. The summed E-state index contributed by atoms with van der Waals surface area (Å²) in [6.07, 6.45) is 0. The van der Waals surface area contributed by atoms with Gasteiger partial charge in [0, 0.05) is 32.1 Å². The van der Waals surface area contributed by atoms with Gasteiger partial charge in [-0.2, -0.15) is 0 Å². The normalized spacial score (nSPS) is 18.4. The summed E-state index contributed by atoms with van der Waals surface area (Å²) in [5.41, 5.74) is -0.480. The SMILES string of the molecule is CC(C)(CCl)C(=O)NCCN1CCOCC1. The third-order valence-electron chi connectivity index (χ3n) is 2.77. The molecule has 0 aromatic rings. The average molecular weight is 249 g/mol. The summed E-state index contributed by atoms with van der Waals surface area (Å²) >= 11 is 5.73. The van der Waals surface area contributed by atoms with E-state index in [4.69, 9.17) is 16.3 Å². The van der Waals surface area contributed by atoms with Crippen LogP contribution in [0.5, 0.6) is 0 Å². The Morgan fingerprint density at radius 2 is 2.06 bits per heavy atom. The smallest absolute Gasteiger partial charge is 0.226 e. The first-order valence-electron chi connectivity index (χ1n) is 5.70. The molecule has 0 aliphatic carbocycles. The fourth-order valence-corrected chi connectivity index (χ4v) is 1.57. The Hall–Kier alpha value is -0.320. The monoisotopic (exact) mass is 248 g/mol. The molecule has 16 heavy (non-hydrogen) atoms. The lowest BCUT2D eigenvalue weighted by molar-refractivity contribution is -0.128. The van der Waals surface area contributed by atoms with Gasteiger partial charge in [-0.25, -0.2) is 0 Å². The van der Waals surface area contributed by atoms with Crippen LogP contribution in [0.15, 0.2) is 0 Å². The van der Waals surface area contributed by atoms with E-state index in [1.54, 1.807) is 0 Å². The van der Waals surface area contributed by atoms with E-state index in [1.807, 2.05) is 13.8 Å². The fourth-order valence-electron chi connectivity index (χ4n) is 1.45. The predicted molar refractivity (Wildman–Crippen MR) is 64.8 cm³/mol. The summed E-state index contributed by atoms with van der Waals surface area (Å²) in [4.78, 5) is 14.0. The first-order chi connectivity index (χ1) is 7.56. The number of morpholine rings is 1. The van der Waals surface area contributed by atoms with Crippen LogP contribution in [0.25, 0.3) is 0 Å². The van der Waals surface area contributed by atoms with Crippen LogP contribution in [0, 0.1) is 5.41 Å². The molecule has 5 heteroatoms. The van der Waals surface area contributed by atoms with Crippen LogP contribution in [-0.4, -0.2) is 56.1 Å². The number of carbonyl (C=O) groups is 1. The van der Waals surface area contributed by atoms with Gasteiger partial charge in [-0.1, -0.05) is 0 Å². The first-order valence-corrected chi connectivity index (χ1v) is 6.24. The molecular formula is C11H21ClN2O2. The lowest BCUT2D eigenvalue weighted by Gasteiger charge is -2.27. The number of hydrogen-bond donors (Lipinski definition) is 1. The molecule has 0 saturated carbocycles. The van der Waals surface area contributed by atoms with E-state index in [1.165, 1.54) is 0 Å². The van der Waals surface area contributed by atoms with Crippen LogP contribution in [-0.2, 0) is 9.53 Å². The van der Waals surface area contributed by atoms with Gasteiger partial charge in [0.1, 0.15) is 0 Å². The lowest BCUT2D eigenvalue weighted by atomic mass is 9.95. The molecule has 0 radical (unpaired) electrons. The largest absolute Gasteiger partial charge is 0.379 e. The van der Waals surface area contributed by atoms with E-state index < -0.39 is 5.41 Å². The molecule has 1 amide bonds. The summed E-state index contributed by atoms with van der Waals surface area (Å²) in [6, 6.07) is 0. The molecule has 0 aromatic heterocycles. The maximum Gasteiger partial charge on any atom is 0.226 e. The number of carbonyl (C=O) groups excluding carboxylic acids is 1. The molecule has 0 bridgehead atoms. The van der Waals surface area contributed by atoms with Gasteiger partial charge < -0.3 is 10.1 Å². The Morgan fingerprint density at radius 1 is 1.44 bits per heavy atom. The van der Waals surface area contributed by atoms with Crippen LogP contribution in [0.3, 0.4) is 0 Å². The van der Waals surface area contributed by atoms with Gasteiger partial charge >= 0.3 is 0 Å². The number of ether oxygens (including phenoxy) is 1. The Labute approximate surface area is 102 Å². The van der Waals surface area contributed by atoms with E-state index in [2.05, 4.69) is 10.2 Å². The first kappa shape index (κ1) is 13.7. The van der Waals surface area contributed by atoms with Gasteiger partial charge in [0.25, 0.3) is 0 Å². The molecule has 0 aromatic carbocycles. The molecule has 4 nitrogen and oxygen atoms in total. The number of halogens is 1. The van der Waals surface area contributed by atoms with Gasteiger partial charge in [-0.05, 0) is 13.8 Å². The molecule has 1 N–H and O–H groups in total. The van der Waals surface area contributed by atoms with Crippen LogP contribution in [0.2, 0.25) is 0 Å². The maximum absolute atomic E-state index is 11.7. The number of hydrogen-bond acceptors (Lipinski definition) is 3. The van der Waals surface area contributed by atoms with Crippen molar-refractivity contribution in [3.63, 3.8) is 0 Å². The topological polar surface area (TPSA) is 41.6 Å². The van der Waals surface area contributed by atoms with Crippen LogP contribution in [0.4, 0.5) is 0 Å². The molecule has 1 aliphatic rings. The second kappa shape index (κ2) is 6.42. The number of alkyl halides is 1. The van der Waals surface area contributed by atoms with Gasteiger partial charge in [0.2, 0.25) is 5.91 Å². The van der Waals surface area contributed by atoms with Crippen LogP contribution < -0.4 is 5.32 Å². The van der Waals surface area contributed by atoms with Gasteiger partial charge in [0.05, 0.1) is 18.6 Å². The Morgan fingerprint density at radius 3 is 2.62 bits per heavy atom. The number of nitrogens with one attached hydrogen (secondary N) is 1. The van der Waals surface area contributed by atoms with Crippen molar-refractivity contribution >= 4 is 17.5 Å². The molecule has 0 unspecified atom stereocenters. The minimum atomic E-state index is -0.480. The second-order valence-electron chi connectivity index (χ2n) is 4.73. The summed E-state index contributed by atoms with van der Waals surface area (Å²) in [5.74, 6) is 0.367. The fraction of sp³-hybridized carbons (Fsp3) is 0.909. The molecular weight excluding hydrogens is 228 g/mol. The number of nitrogens with zero attached hydrogens (tertiary/aromatic N) is 1. The van der Waals surface area contributed by atoms with Crippen molar-refractivity contribution in [1.29, 1.82) is 0 Å². The highest BCUT2D eigenvalue weighted by molar-refractivity contribution is 6.19. The van der Waals surface area contributed by atoms with Crippen LogP contribution in [0.1, 0.15) is 13.8 Å². The van der Waals surface area contributed by atoms with E-state index in [0.717, 1.165) is 32.8 Å². The summed E-state index contributed by atoms with van der Waals surface area (Å²) in [6.45, 7) is 8.76. The van der Waals surface area contributed by atoms with Gasteiger partial charge in [-0.3, -0.25) is 9.69 Å². The Balaban J connectivity index is 2.17. The molecule has 0 atom stereocenters. The molecule has 1 fully saturated rings. The zero-order valence-corrected chi connectivity index (χ0v) is 10.8. The standard InChI is InChI=1S/C11H21ClN2O2/c1-11(2,9-12)10(15)13-3-4-14-5-7-16-8-6-14/h3-9H2,1-2H3,(H,13,15). The summed E-state index contributed by atoms with van der Waals surface area (Å²) in [7, 11) is 0. The van der Waals surface area contributed by atoms with Gasteiger partial charge in [-0.15, -0.1) is 11.6 Å². The average Bonchev–Trinajstić information content (AvgIpc) is 2.30. The molecule has 1 aliphatic heterocycles. The van der Waals surface area contributed by atoms with Crippen LogP contribution >= 0.6 is 11.6 Å². The molecule has 94 valence electrons. The molecule has 0 spiro atoms. The van der Waals surface area contributed by atoms with E-state index in [9.17, 15) is 4.79 Å². The summed E-state index contributed by atoms with van der Waals surface area (Å²) in [5, 5.41) is 2.92. The van der Waals surface area contributed by atoms with Crippen molar-refractivity contribution < 1.29 is 9.53 Å². The third kappa shape index (κ3) is 4.28.